The van der Waals surface area contributed by atoms with E-state index in [4.69, 9.17) is 4.74 Å². The van der Waals surface area contributed by atoms with Gasteiger partial charge in [-0.15, -0.1) is 0 Å². The second-order valence-corrected chi connectivity index (χ2v) is 12.9. The number of aromatic nitrogens is 2. The number of likely N-dealkylation sites (tertiary alicyclic amines) is 1. The quantitative estimate of drug-likeness (QED) is 0.208. The molecule has 12 nitrogen and oxygen atoms in total. The van der Waals surface area contributed by atoms with Gasteiger partial charge in [0.15, 0.2) is 0 Å². The molecule has 3 N–H and O–H groups in total. The summed E-state index contributed by atoms with van der Waals surface area (Å²) in [6.07, 6.45) is 4.91. The molecule has 260 valence electrons. The first-order valence-electron chi connectivity index (χ1n) is 16.7. The second kappa shape index (κ2) is 17.4. The summed E-state index contributed by atoms with van der Waals surface area (Å²) in [7, 11) is 0. The first-order valence-corrected chi connectivity index (χ1v) is 16.7. The van der Waals surface area contributed by atoms with E-state index >= 15 is 0 Å². The van der Waals surface area contributed by atoms with Crippen LogP contribution in [0.1, 0.15) is 63.5 Å². The SMILES string of the molecule is CC[C@@H](C=O)NC(=O)[C@@H]1C[C@@H](OCc2ccccc2-c2ccccc2)CN1C(=O)[C@@H](NC(=O)[C@@H](NC(=O)c1cnccn1)C(C)C)C(C)C. The monoisotopic (exact) mass is 670 g/mol. The zero-order chi connectivity index (χ0) is 35.5. The first-order chi connectivity index (χ1) is 23.5. The molecule has 1 aliphatic heterocycles. The van der Waals surface area contributed by atoms with Gasteiger partial charge in [-0.25, -0.2) is 4.98 Å². The lowest BCUT2D eigenvalue weighted by Gasteiger charge is -2.32. The van der Waals surface area contributed by atoms with Crippen molar-refractivity contribution in [1.82, 2.24) is 30.8 Å². The van der Waals surface area contributed by atoms with Crippen LogP contribution in [0.15, 0.2) is 73.2 Å². The number of amides is 4. The average Bonchev–Trinajstić information content (AvgIpc) is 3.55. The van der Waals surface area contributed by atoms with Crippen LogP contribution in [0.4, 0.5) is 0 Å². The first kappa shape index (κ1) is 36.9. The van der Waals surface area contributed by atoms with Crippen molar-refractivity contribution < 1.29 is 28.7 Å². The van der Waals surface area contributed by atoms with Crippen molar-refractivity contribution in [2.24, 2.45) is 11.8 Å². The van der Waals surface area contributed by atoms with Gasteiger partial charge >= 0.3 is 0 Å². The Morgan fingerprint density at radius 2 is 1.61 bits per heavy atom. The Hall–Kier alpha value is -4.97. The highest BCUT2D eigenvalue weighted by molar-refractivity contribution is 5.98. The van der Waals surface area contributed by atoms with E-state index < -0.39 is 53.9 Å². The zero-order valence-electron chi connectivity index (χ0n) is 28.7. The lowest BCUT2D eigenvalue weighted by Crippen LogP contribution is -2.59. The fourth-order valence-corrected chi connectivity index (χ4v) is 5.78. The number of carbonyl (C=O) groups is 5. The van der Waals surface area contributed by atoms with Gasteiger partial charge in [-0.3, -0.25) is 24.2 Å². The van der Waals surface area contributed by atoms with Crippen molar-refractivity contribution in [3.63, 3.8) is 0 Å². The van der Waals surface area contributed by atoms with Crippen LogP contribution >= 0.6 is 0 Å². The molecule has 0 aliphatic carbocycles. The molecule has 0 spiro atoms. The summed E-state index contributed by atoms with van der Waals surface area (Å²) in [5, 5.41) is 8.29. The Bertz CT molecular complexity index is 1580. The minimum atomic E-state index is -1.01. The summed E-state index contributed by atoms with van der Waals surface area (Å²) < 4.78 is 6.36. The molecular formula is C37H46N6O6. The molecule has 1 saturated heterocycles. The number of carbonyl (C=O) groups excluding carboxylic acids is 5. The lowest BCUT2D eigenvalue weighted by molar-refractivity contribution is -0.143. The van der Waals surface area contributed by atoms with Crippen LogP contribution in [0, 0.1) is 11.8 Å². The van der Waals surface area contributed by atoms with Crippen LogP contribution in [0.3, 0.4) is 0 Å². The Kier molecular flexibility index (Phi) is 13.1. The minimum absolute atomic E-state index is 0.0569. The van der Waals surface area contributed by atoms with Gasteiger partial charge in [-0.05, 0) is 34.9 Å². The number of nitrogens with one attached hydrogen (secondary N) is 3. The van der Waals surface area contributed by atoms with Gasteiger partial charge in [0.05, 0.1) is 24.9 Å². The van der Waals surface area contributed by atoms with Crippen molar-refractivity contribution in [2.45, 2.75) is 84.3 Å². The summed E-state index contributed by atoms with van der Waals surface area (Å²) in [4.78, 5) is 75.2. The molecule has 3 aromatic rings. The number of nitrogens with zero attached hydrogens (tertiary/aromatic N) is 3. The van der Waals surface area contributed by atoms with Crippen molar-refractivity contribution in [3.05, 3.63) is 84.4 Å². The fraction of sp³-hybridized carbons (Fsp3) is 0.432. The van der Waals surface area contributed by atoms with Crippen LogP contribution in [0.25, 0.3) is 11.1 Å². The Balaban J connectivity index is 1.53. The standard InChI is InChI=1S/C37H46N6O6/c1-6-27(21-44)40-35(46)31-18-28(49-22-26-14-10-11-15-29(26)25-12-8-7-9-13-25)20-43(31)37(48)33(24(4)5)42-36(47)32(23(2)3)41-34(45)30-19-38-16-17-39-30/h7-17,19,21,23-24,27-28,31-33H,6,18,20,22H2,1-5H3,(H,40,46)(H,41,45)(H,42,47)/t27-,28+,31-,32-,33-/m0/s1. The summed E-state index contributed by atoms with van der Waals surface area (Å²) in [6, 6.07) is 14.2. The van der Waals surface area contributed by atoms with E-state index in [0.717, 1.165) is 16.7 Å². The number of aldehydes is 1. The molecule has 0 saturated carbocycles. The van der Waals surface area contributed by atoms with Crippen LogP contribution in [0.5, 0.6) is 0 Å². The second-order valence-electron chi connectivity index (χ2n) is 12.9. The van der Waals surface area contributed by atoms with E-state index in [9.17, 15) is 24.0 Å². The van der Waals surface area contributed by atoms with Crippen molar-refractivity contribution in [2.75, 3.05) is 6.54 Å². The molecule has 4 amide bonds. The third-order valence-electron chi connectivity index (χ3n) is 8.62. The van der Waals surface area contributed by atoms with E-state index in [1.807, 2.05) is 54.6 Å². The maximum atomic E-state index is 14.3. The van der Waals surface area contributed by atoms with E-state index in [1.165, 1.54) is 23.5 Å². The van der Waals surface area contributed by atoms with Crippen molar-refractivity contribution in [1.29, 1.82) is 0 Å². The summed E-state index contributed by atoms with van der Waals surface area (Å²) in [6.45, 7) is 9.30. The van der Waals surface area contributed by atoms with E-state index in [0.29, 0.717) is 12.7 Å². The van der Waals surface area contributed by atoms with Gasteiger partial charge < -0.3 is 30.4 Å². The Morgan fingerprint density at radius 3 is 2.24 bits per heavy atom. The van der Waals surface area contributed by atoms with Crippen LogP contribution in [-0.4, -0.2) is 81.6 Å². The topological polar surface area (TPSA) is 160 Å². The normalized spacial score (nSPS) is 17.7. The van der Waals surface area contributed by atoms with Crippen molar-refractivity contribution in [3.8, 4) is 11.1 Å². The Morgan fingerprint density at radius 1 is 0.918 bits per heavy atom. The molecule has 4 rings (SSSR count). The summed E-state index contributed by atoms with van der Waals surface area (Å²) in [5.41, 5.74) is 3.09. The molecule has 1 aromatic heterocycles. The molecule has 2 heterocycles. The van der Waals surface area contributed by atoms with Gasteiger partial charge in [0.2, 0.25) is 17.7 Å². The van der Waals surface area contributed by atoms with Crippen LogP contribution in [-0.2, 0) is 30.5 Å². The predicted octanol–water partition coefficient (Wildman–Crippen LogP) is 3.32. The molecule has 0 unspecified atom stereocenters. The average molecular weight is 671 g/mol. The number of ether oxygens (including phenoxy) is 1. The molecule has 5 atom stereocenters. The molecule has 1 fully saturated rings. The summed E-state index contributed by atoms with van der Waals surface area (Å²) in [5.74, 6) is -2.72. The molecular weight excluding hydrogens is 624 g/mol. The molecule has 0 bridgehead atoms. The van der Waals surface area contributed by atoms with E-state index in [1.54, 1.807) is 34.6 Å². The number of rotatable bonds is 15. The van der Waals surface area contributed by atoms with Gasteiger partial charge in [0.25, 0.3) is 5.91 Å². The van der Waals surface area contributed by atoms with Crippen molar-refractivity contribution >= 4 is 29.9 Å². The van der Waals surface area contributed by atoms with Gasteiger partial charge in [-0.1, -0.05) is 89.2 Å². The maximum absolute atomic E-state index is 14.3. The van der Waals surface area contributed by atoms with Crippen LogP contribution < -0.4 is 16.0 Å². The highest BCUT2D eigenvalue weighted by Crippen LogP contribution is 2.28. The lowest BCUT2D eigenvalue weighted by atomic mass is 9.98. The van der Waals surface area contributed by atoms with E-state index in [-0.39, 0.29) is 37.1 Å². The number of hydrogen-bond acceptors (Lipinski definition) is 8. The zero-order valence-corrected chi connectivity index (χ0v) is 28.7. The van der Waals surface area contributed by atoms with Crippen LogP contribution in [0.2, 0.25) is 0 Å². The molecule has 12 heteroatoms. The minimum Gasteiger partial charge on any atom is -0.372 e. The summed E-state index contributed by atoms with van der Waals surface area (Å²) >= 11 is 0. The third-order valence-corrected chi connectivity index (χ3v) is 8.62. The largest absolute Gasteiger partial charge is 0.372 e. The highest BCUT2D eigenvalue weighted by atomic mass is 16.5. The van der Waals surface area contributed by atoms with Gasteiger partial charge in [0.1, 0.15) is 30.1 Å². The van der Waals surface area contributed by atoms with Gasteiger partial charge in [-0.2, -0.15) is 0 Å². The predicted molar refractivity (Wildman–Crippen MR) is 184 cm³/mol. The maximum Gasteiger partial charge on any atom is 0.272 e. The smallest absolute Gasteiger partial charge is 0.272 e. The molecule has 49 heavy (non-hydrogen) atoms. The van der Waals surface area contributed by atoms with Gasteiger partial charge in [0, 0.05) is 25.4 Å². The highest BCUT2D eigenvalue weighted by Gasteiger charge is 2.44. The Labute approximate surface area is 287 Å². The number of hydrogen-bond donors (Lipinski definition) is 3. The molecule has 1 aliphatic rings. The fourth-order valence-electron chi connectivity index (χ4n) is 5.78. The molecule has 0 radical (unpaired) electrons. The van der Waals surface area contributed by atoms with E-state index in [2.05, 4.69) is 25.9 Å². The molecule has 2 aromatic carbocycles. The third kappa shape index (κ3) is 9.56. The number of benzene rings is 2.